The summed E-state index contributed by atoms with van der Waals surface area (Å²) in [5.74, 6) is -1.07. The quantitative estimate of drug-likeness (QED) is 0.102. The summed E-state index contributed by atoms with van der Waals surface area (Å²) >= 11 is 0. The third-order valence-corrected chi connectivity index (χ3v) is 10.8. The summed E-state index contributed by atoms with van der Waals surface area (Å²) in [6.45, 7) is 5.56. The van der Waals surface area contributed by atoms with Crippen LogP contribution in [0, 0.1) is 0 Å². The van der Waals surface area contributed by atoms with Gasteiger partial charge in [0.2, 0.25) is 0 Å². The smallest absolute Gasteiger partial charge is 0.261 e. The Kier molecular flexibility index (Phi) is 8.58. The molecule has 1 fully saturated rings. The molecule has 2 N–H and O–H groups in total. The minimum Gasteiger partial charge on any atom is -0.378 e. The Hall–Kier alpha value is -5.68. The van der Waals surface area contributed by atoms with E-state index in [0.29, 0.717) is 61.6 Å². The van der Waals surface area contributed by atoms with Crippen LogP contribution in [0.2, 0.25) is 0 Å². The van der Waals surface area contributed by atoms with E-state index in [4.69, 9.17) is 4.74 Å². The molecule has 0 spiro atoms. The topological polar surface area (TPSA) is 111 Å². The van der Waals surface area contributed by atoms with Crippen LogP contribution < -0.4 is 15.5 Å². The first-order valence-corrected chi connectivity index (χ1v) is 18.4. The average Bonchev–Trinajstić information content (AvgIpc) is 3.20. The fourth-order valence-corrected chi connectivity index (χ4v) is 8.22. The van der Waals surface area contributed by atoms with E-state index in [2.05, 4.69) is 27.7 Å². The van der Waals surface area contributed by atoms with Crippen LogP contribution in [0.5, 0.6) is 0 Å². The molecule has 0 aromatic heterocycles. The minimum atomic E-state index is -0.269. The van der Waals surface area contributed by atoms with Crippen LogP contribution >= 0.6 is 0 Å². The van der Waals surface area contributed by atoms with Gasteiger partial charge in [-0.05, 0) is 82.2 Å². The molecule has 6 aromatic carbocycles. The van der Waals surface area contributed by atoms with Gasteiger partial charge in [0.1, 0.15) is 0 Å². The molecular weight excluding hydrogens is 667 g/mol. The first-order valence-electron chi connectivity index (χ1n) is 18.4. The largest absolute Gasteiger partial charge is 0.378 e. The van der Waals surface area contributed by atoms with Gasteiger partial charge in [-0.3, -0.25) is 29.0 Å². The third-order valence-electron chi connectivity index (χ3n) is 10.8. The van der Waals surface area contributed by atoms with E-state index in [9.17, 15) is 19.2 Å². The molecule has 4 amide bonds. The maximum absolute atomic E-state index is 14.0. The number of morpholine rings is 1. The van der Waals surface area contributed by atoms with Crippen LogP contribution in [-0.4, -0.2) is 99.0 Å². The molecule has 53 heavy (non-hydrogen) atoms. The predicted octanol–water partition coefficient (Wildman–Crippen LogP) is 5.60. The summed E-state index contributed by atoms with van der Waals surface area (Å²) in [5.41, 5.74) is 3.22. The lowest BCUT2D eigenvalue weighted by atomic mass is 9.89. The number of rotatable bonds is 11. The average molecular weight is 706 g/mol. The number of carbonyl (C=O) groups is 4. The summed E-state index contributed by atoms with van der Waals surface area (Å²) in [4.78, 5) is 59.7. The van der Waals surface area contributed by atoms with E-state index in [1.807, 2.05) is 72.8 Å². The molecule has 3 aliphatic heterocycles. The number of anilines is 1. The van der Waals surface area contributed by atoms with E-state index < -0.39 is 0 Å². The molecule has 0 unspecified atom stereocenters. The van der Waals surface area contributed by atoms with Crippen LogP contribution in [-0.2, 0) is 4.74 Å². The number of ether oxygens (including phenoxy) is 1. The molecule has 10 nitrogen and oxygen atoms in total. The van der Waals surface area contributed by atoms with Crippen molar-refractivity contribution in [2.45, 2.75) is 6.42 Å². The van der Waals surface area contributed by atoms with Gasteiger partial charge in [0.25, 0.3) is 23.6 Å². The van der Waals surface area contributed by atoms with Crippen LogP contribution in [0.4, 0.5) is 5.69 Å². The van der Waals surface area contributed by atoms with E-state index in [0.717, 1.165) is 68.3 Å². The third kappa shape index (κ3) is 5.70. The lowest BCUT2D eigenvalue weighted by molar-refractivity contribution is 0.0597. The van der Waals surface area contributed by atoms with Crippen molar-refractivity contribution in [3.63, 3.8) is 0 Å². The van der Waals surface area contributed by atoms with E-state index in [-0.39, 0.29) is 36.7 Å². The van der Waals surface area contributed by atoms with Crippen LogP contribution in [0.25, 0.3) is 43.1 Å². The minimum absolute atomic E-state index is 0.253. The number of hydrogen-bond acceptors (Lipinski definition) is 8. The normalized spacial score (nSPS) is 15.9. The first kappa shape index (κ1) is 33.2. The van der Waals surface area contributed by atoms with Crippen molar-refractivity contribution in [3.05, 3.63) is 113 Å². The lowest BCUT2D eigenvalue weighted by Crippen LogP contribution is -2.44. The predicted molar refractivity (Wildman–Crippen MR) is 207 cm³/mol. The van der Waals surface area contributed by atoms with Gasteiger partial charge in [0, 0.05) is 72.4 Å². The maximum Gasteiger partial charge on any atom is 0.261 e. The van der Waals surface area contributed by atoms with Crippen molar-refractivity contribution < 1.29 is 23.9 Å². The Morgan fingerprint density at radius 3 is 1.64 bits per heavy atom. The molecule has 3 heterocycles. The molecule has 0 radical (unpaired) electrons. The fraction of sp³-hybridized carbons (Fsp3) is 0.256. The highest BCUT2D eigenvalue weighted by molar-refractivity contribution is 6.31. The number of nitrogens with one attached hydrogen (secondary N) is 2. The summed E-state index contributed by atoms with van der Waals surface area (Å²) in [7, 11) is 0. The number of amides is 4. The van der Waals surface area contributed by atoms with Crippen molar-refractivity contribution in [3.8, 4) is 0 Å². The molecule has 10 heteroatoms. The van der Waals surface area contributed by atoms with E-state index in [1.165, 1.54) is 9.80 Å². The van der Waals surface area contributed by atoms with Crippen molar-refractivity contribution >= 4 is 72.4 Å². The SMILES string of the molecule is O=C1c2cccc3c2c(cc2ccccc23)C(=O)N1CCNCCCNCCN1C(=O)c2cc(N3CCOCC3)cc3c2c(cc2ccccc23)C1=O. The first-order chi connectivity index (χ1) is 26.0. The van der Waals surface area contributed by atoms with Gasteiger partial charge < -0.3 is 20.3 Å². The molecule has 0 aliphatic carbocycles. The molecular formula is C43H39N5O5. The number of carbonyl (C=O) groups excluding carboxylic acids is 4. The summed E-state index contributed by atoms with van der Waals surface area (Å²) in [5, 5.41) is 14.0. The zero-order valence-corrected chi connectivity index (χ0v) is 29.3. The number of fused-ring (bicyclic) bond motifs is 4. The molecule has 0 saturated carbocycles. The molecule has 6 aromatic rings. The monoisotopic (exact) mass is 705 g/mol. The Morgan fingerprint density at radius 1 is 0.509 bits per heavy atom. The maximum atomic E-state index is 14.0. The molecule has 266 valence electrons. The van der Waals surface area contributed by atoms with Crippen molar-refractivity contribution in [2.75, 3.05) is 70.5 Å². The van der Waals surface area contributed by atoms with E-state index >= 15 is 0 Å². The summed E-state index contributed by atoms with van der Waals surface area (Å²) in [6.07, 6.45) is 0.787. The fourth-order valence-electron chi connectivity index (χ4n) is 8.22. The molecule has 0 bridgehead atoms. The van der Waals surface area contributed by atoms with Crippen LogP contribution in [0.15, 0.2) is 91.0 Å². The number of hydrogen-bond donors (Lipinski definition) is 2. The van der Waals surface area contributed by atoms with Gasteiger partial charge in [-0.25, -0.2) is 0 Å². The number of imide groups is 2. The Balaban J connectivity index is 0.803. The van der Waals surface area contributed by atoms with Gasteiger partial charge in [-0.2, -0.15) is 0 Å². The Bertz CT molecular complexity index is 2490. The van der Waals surface area contributed by atoms with E-state index in [1.54, 1.807) is 6.07 Å². The second-order valence-electron chi connectivity index (χ2n) is 13.9. The van der Waals surface area contributed by atoms with Gasteiger partial charge in [0.05, 0.1) is 18.8 Å². The van der Waals surface area contributed by atoms with Gasteiger partial charge in [0.15, 0.2) is 0 Å². The highest BCUT2D eigenvalue weighted by Crippen LogP contribution is 2.39. The Labute approximate surface area is 306 Å². The van der Waals surface area contributed by atoms with Gasteiger partial charge >= 0.3 is 0 Å². The standard InChI is InChI=1S/C43H39N5O5/c49-40-33-12-5-11-32-30-9-3-1-7-27(30)23-35(38(32)33)41(50)47(40)17-15-44-13-6-14-45-16-18-48-42(51)36-24-28-8-2-4-10-31(28)34-25-29(46-19-21-53-22-20-46)26-37(39(34)36)43(48)52/h1-5,7-12,23-26,44-45H,6,13-22H2. The Morgan fingerprint density at radius 2 is 1.02 bits per heavy atom. The van der Waals surface area contributed by atoms with Gasteiger partial charge in [-0.1, -0.05) is 60.7 Å². The van der Waals surface area contributed by atoms with Crippen molar-refractivity contribution in [2.24, 2.45) is 0 Å². The van der Waals surface area contributed by atoms with Crippen molar-refractivity contribution in [1.29, 1.82) is 0 Å². The summed E-state index contributed by atoms with van der Waals surface area (Å²) in [6, 6.07) is 29.5. The summed E-state index contributed by atoms with van der Waals surface area (Å²) < 4.78 is 5.57. The van der Waals surface area contributed by atoms with Crippen LogP contribution in [0.1, 0.15) is 47.9 Å². The molecule has 0 atom stereocenters. The van der Waals surface area contributed by atoms with Crippen LogP contribution in [0.3, 0.4) is 0 Å². The van der Waals surface area contributed by atoms with Gasteiger partial charge in [-0.15, -0.1) is 0 Å². The zero-order valence-electron chi connectivity index (χ0n) is 29.3. The van der Waals surface area contributed by atoms with Crippen molar-refractivity contribution in [1.82, 2.24) is 20.4 Å². The second-order valence-corrected chi connectivity index (χ2v) is 13.9. The highest BCUT2D eigenvalue weighted by atomic mass is 16.5. The molecule has 3 aliphatic rings. The lowest BCUT2D eigenvalue weighted by Gasteiger charge is -2.32. The molecule has 1 saturated heterocycles. The second kappa shape index (κ2) is 13.7. The number of benzene rings is 6. The zero-order chi connectivity index (χ0) is 36.1. The molecule has 9 rings (SSSR count). The highest BCUT2D eigenvalue weighted by Gasteiger charge is 2.35. The number of nitrogens with zero attached hydrogens (tertiary/aromatic N) is 3.